The number of nitrogens with zero attached hydrogens (tertiary/aromatic N) is 4. The summed E-state index contributed by atoms with van der Waals surface area (Å²) in [5, 5.41) is 13.3. The summed E-state index contributed by atoms with van der Waals surface area (Å²) in [5.41, 5.74) is 2.23. The zero-order valence-corrected chi connectivity index (χ0v) is 14.2. The molecule has 0 saturated carbocycles. The fourth-order valence-corrected chi connectivity index (χ4v) is 2.88. The molecule has 1 aromatic heterocycles. The van der Waals surface area contributed by atoms with E-state index in [0.29, 0.717) is 6.61 Å². The Balaban J connectivity index is 1.64. The SMILES string of the molecule is CCOc1ccc(/C=N/n2cnnc2SCc2ccccc2)cc1. The number of aromatic nitrogens is 3. The van der Waals surface area contributed by atoms with Crippen molar-refractivity contribution < 1.29 is 4.74 Å². The van der Waals surface area contributed by atoms with Gasteiger partial charge in [-0.15, -0.1) is 10.2 Å². The molecule has 0 saturated heterocycles. The molecular weight excluding hydrogens is 320 g/mol. The first-order chi connectivity index (χ1) is 11.8. The molecule has 3 rings (SSSR count). The van der Waals surface area contributed by atoms with Crippen molar-refractivity contribution in [3.05, 3.63) is 72.1 Å². The van der Waals surface area contributed by atoms with Crippen molar-refractivity contribution in [2.24, 2.45) is 5.10 Å². The van der Waals surface area contributed by atoms with Crippen molar-refractivity contribution in [1.82, 2.24) is 14.9 Å². The Morgan fingerprint density at radius 1 is 1.12 bits per heavy atom. The van der Waals surface area contributed by atoms with E-state index < -0.39 is 0 Å². The Labute approximate surface area is 145 Å². The Bertz CT molecular complexity index is 784. The Kier molecular flexibility index (Phi) is 5.63. The largest absolute Gasteiger partial charge is 0.494 e. The van der Waals surface area contributed by atoms with Gasteiger partial charge in [-0.3, -0.25) is 0 Å². The van der Waals surface area contributed by atoms with Crippen LogP contribution in [0.5, 0.6) is 5.75 Å². The van der Waals surface area contributed by atoms with Crippen LogP contribution >= 0.6 is 11.8 Å². The van der Waals surface area contributed by atoms with E-state index in [4.69, 9.17) is 4.74 Å². The fourth-order valence-electron chi connectivity index (χ4n) is 2.06. The molecule has 0 atom stereocenters. The Morgan fingerprint density at radius 2 is 1.92 bits per heavy atom. The summed E-state index contributed by atoms with van der Waals surface area (Å²) in [5.74, 6) is 1.69. The van der Waals surface area contributed by atoms with Crippen LogP contribution in [0.2, 0.25) is 0 Å². The second-order valence-corrected chi connectivity index (χ2v) is 5.92. The predicted molar refractivity (Wildman–Crippen MR) is 96.6 cm³/mol. The topological polar surface area (TPSA) is 52.3 Å². The van der Waals surface area contributed by atoms with E-state index in [1.54, 1.807) is 29.0 Å². The third-order valence-electron chi connectivity index (χ3n) is 3.23. The number of benzene rings is 2. The average Bonchev–Trinajstić information content (AvgIpc) is 3.08. The minimum Gasteiger partial charge on any atom is -0.494 e. The van der Waals surface area contributed by atoms with Crippen LogP contribution in [0.4, 0.5) is 0 Å². The zero-order chi connectivity index (χ0) is 16.6. The maximum atomic E-state index is 5.43. The molecule has 24 heavy (non-hydrogen) atoms. The van der Waals surface area contributed by atoms with Gasteiger partial charge in [0, 0.05) is 5.75 Å². The number of thioether (sulfide) groups is 1. The quantitative estimate of drug-likeness (QED) is 0.485. The lowest BCUT2D eigenvalue weighted by atomic mass is 10.2. The fraction of sp³-hybridized carbons (Fsp3) is 0.167. The summed E-state index contributed by atoms with van der Waals surface area (Å²) in [6.07, 6.45) is 3.39. The van der Waals surface area contributed by atoms with Gasteiger partial charge in [0.1, 0.15) is 12.1 Å². The summed E-state index contributed by atoms with van der Waals surface area (Å²) in [7, 11) is 0. The number of rotatable bonds is 7. The van der Waals surface area contributed by atoms with Crippen molar-refractivity contribution in [1.29, 1.82) is 0 Å². The lowest BCUT2D eigenvalue weighted by Crippen LogP contribution is -1.94. The first kappa shape index (κ1) is 16.3. The Hall–Kier alpha value is -2.60. The van der Waals surface area contributed by atoms with Gasteiger partial charge in [0.2, 0.25) is 5.16 Å². The van der Waals surface area contributed by atoms with Gasteiger partial charge in [0.25, 0.3) is 0 Å². The van der Waals surface area contributed by atoms with Gasteiger partial charge < -0.3 is 4.74 Å². The van der Waals surface area contributed by atoms with Crippen LogP contribution < -0.4 is 4.74 Å². The summed E-state index contributed by atoms with van der Waals surface area (Å²) in [6.45, 7) is 2.63. The lowest BCUT2D eigenvalue weighted by Gasteiger charge is -2.03. The van der Waals surface area contributed by atoms with Crippen LogP contribution in [-0.2, 0) is 5.75 Å². The Morgan fingerprint density at radius 3 is 2.67 bits per heavy atom. The zero-order valence-electron chi connectivity index (χ0n) is 13.4. The molecule has 0 amide bonds. The lowest BCUT2D eigenvalue weighted by molar-refractivity contribution is 0.340. The maximum absolute atomic E-state index is 5.43. The average molecular weight is 338 g/mol. The van der Waals surface area contributed by atoms with Gasteiger partial charge in [0.05, 0.1) is 12.8 Å². The van der Waals surface area contributed by atoms with E-state index >= 15 is 0 Å². The van der Waals surface area contributed by atoms with Gasteiger partial charge in [-0.2, -0.15) is 9.78 Å². The number of ether oxygens (including phenoxy) is 1. The van der Waals surface area contributed by atoms with Gasteiger partial charge in [-0.25, -0.2) is 0 Å². The van der Waals surface area contributed by atoms with Crippen molar-refractivity contribution in [3.8, 4) is 5.75 Å². The molecule has 0 N–H and O–H groups in total. The van der Waals surface area contributed by atoms with E-state index in [1.165, 1.54) is 5.56 Å². The molecule has 0 spiro atoms. The van der Waals surface area contributed by atoms with Crippen molar-refractivity contribution in [3.63, 3.8) is 0 Å². The van der Waals surface area contributed by atoms with Crippen molar-refractivity contribution in [2.45, 2.75) is 17.8 Å². The molecule has 6 heteroatoms. The molecule has 0 aliphatic rings. The second-order valence-electron chi connectivity index (χ2n) is 4.98. The van der Waals surface area contributed by atoms with E-state index in [-0.39, 0.29) is 0 Å². The molecule has 0 radical (unpaired) electrons. The monoisotopic (exact) mass is 338 g/mol. The van der Waals surface area contributed by atoms with Crippen LogP contribution in [0.25, 0.3) is 0 Å². The first-order valence-corrected chi connectivity index (χ1v) is 8.67. The second kappa shape index (κ2) is 8.31. The molecule has 3 aromatic rings. The van der Waals surface area contributed by atoms with Crippen LogP contribution in [0.1, 0.15) is 18.1 Å². The molecule has 0 fully saturated rings. The smallest absolute Gasteiger partial charge is 0.212 e. The van der Waals surface area contributed by atoms with Gasteiger partial charge in [0.15, 0.2) is 0 Å². The van der Waals surface area contributed by atoms with E-state index in [1.807, 2.05) is 49.4 Å². The minimum atomic E-state index is 0.663. The minimum absolute atomic E-state index is 0.663. The summed E-state index contributed by atoms with van der Waals surface area (Å²) < 4.78 is 7.12. The van der Waals surface area contributed by atoms with Gasteiger partial charge >= 0.3 is 0 Å². The molecule has 0 unspecified atom stereocenters. The summed E-state index contributed by atoms with van der Waals surface area (Å²) in [4.78, 5) is 0. The third-order valence-corrected chi connectivity index (χ3v) is 4.24. The van der Waals surface area contributed by atoms with Gasteiger partial charge in [-0.1, -0.05) is 42.1 Å². The van der Waals surface area contributed by atoms with Crippen molar-refractivity contribution in [2.75, 3.05) is 6.61 Å². The molecule has 2 aromatic carbocycles. The summed E-state index contributed by atoms with van der Waals surface area (Å²) >= 11 is 1.61. The van der Waals surface area contributed by atoms with E-state index in [9.17, 15) is 0 Å². The maximum Gasteiger partial charge on any atom is 0.212 e. The molecule has 0 bridgehead atoms. The van der Waals surface area contributed by atoms with Crippen LogP contribution in [-0.4, -0.2) is 27.7 Å². The van der Waals surface area contributed by atoms with Gasteiger partial charge in [-0.05, 0) is 42.3 Å². The highest BCUT2D eigenvalue weighted by atomic mass is 32.2. The third kappa shape index (κ3) is 4.45. The normalized spacial score (nSPS) is 11.0. The summed E-state index contributed by atoms with van der Waals surface area (Å²) in [6, 6.07) is 18.1. The van der Waals surface area contributed by atoms with E-state index in [0.717, 1.165) is 22.2 Å². The molecule has 122 valence electrons. The molecule has 1 heterocycles. The number of hydrogen-bond donors (Lipinski definition) is 0. The highest BCUT2D eigenvalue weighted by Gasteiger charge is 2.04. The molecular formula is C18H18N4OS. The molecule has 0 aliphatic carbocycles. The highest BCUT2D eigenvalue weighted by Crippen LogP contribution is 2.20. The van der Waals surface area contributed by atoms with Crippen LogP contribution in [0.3, 0.4) is 0 Å². The van der Waals surface area contributed by atoms with Crippen LogP contribution in [0.15, 0.2) is 71.2 Å². The standard InChI is InChI=1S/C18H18N4OS/c1-2-23-17-10-8-15(9-11-17)12-20-22-14-19-21-18(22)24-13-16-6-4-3-5-7-16/h3-12,14H,2,13H2,1H3/b20-12+. The predicted octanol–water partition coefficient (Wildman–Crippen LogP) is 3.85. The van der Waals surface area contributed by atoms with Crippen LogP contribution in [0, 0.1) is 0 Å². The van der Waals surface area contributed by atoms with Crippen molar-refractivity contribution >= 4 is 18.0 Å². The van der Waals surface area contributed by atoms with E-state index in [2.05, 4.69) is 27.4 Å². The first-order valence-electron chi connectivity index (χ1n) is 7.69. The highest BCUT2D eigenvalue weighted by molar-refractivity contribution is 7.98. The number of hydrogen-bond acceptors (Lipinski definition) is 5. The molecule has 0 aliphatic heterocycles. The molecule has 5 nitrogen and oxygen atoms in total.